The first-order valence-corrected chi connectivity index (χ1v) is 8.03. The molecule has 0 amide bonds. The normalized spacial score (nSPS) is 11.0. The summed E-state index contributed by atoms with van der Waals surface area (Å²) in [6, 6.07) is 8.89. The number of hydrogen-bond donors (Lipinski definition) is 2. The molecule has 0 saturated heterocycles. The summed E-state index contributed by atoms with van der Waals surface area (Å²) in [5.74, 6) is -0.331. The van der Waals surface area contributed by atoms with Crippen molar-refractivity contribution in [2.45, 2.75) is 13.3 Å². The van der Waals surface area contributed by atoms with E-state index < -0.39 is 5.97 Å². The highest BCUT2D eigenvalue weighted by Crippen LogP contribution is 2.40. The minimum Gasteiger partial charge on any atom is -0.496 e. The Labute approximate surface area is 149 Å². The number of carboxylic acids is 1. The predicted molar refractivity (Wildman–Crippen MR) is 96.4 cm³/mol. The quantitative estimate of drug-likeness (QED) is 0.678. The molecular formula is C18H15Cl2NO3. The Morgan fingerprint density at radius 2 is 2.00 bits per heavy atom. The van der Waals surface area contributed by atoms with E-state index in [1.165, 1.54) is 0 Å². The number of aromatic nitrogens is 1. The number of methoxy groups -OCH3 is 1. The van der Waals surface area contributed by atoms with Crippen molar-refractivity contribution in [1.29, 1.82) is 0 Å². The van der Waals surface area contributed by atoms with Crippen molar-refractivity contribution in [3.05, 3.63) is 51.5 Å². The van der Waals surface area contributed by atoms with Gasteiger partial charge in [-0.05, 0) is 42.3 Å². The summed E-state index contributed by atoms with van der Waals surface area (Å²) in [7, 11) is 1.56. The Hall–Kier alpha value is -2.17. The van der Waals surface area contributed by atoms with Crippen molar-refractivity contribution >= 4 is 40.1 Å². The molecule has 3 aromatic rings. The van der Waals surface area contributed by atoms with Crippen LogP contribution in [-0.2, 0) is 11.2 Å². The average Bonchev–Trinajstić information content (AvgIpc) is 2.91. The molecule has 0 aliphatic rings. The van der Waals surface area contributed by atoms with Gasteiger partial charge in [-0.2, -0.15) is 0 Å². The van der Waals surface area contributed by atoms with Crippen LogP contribution >= 0.6 is 23.2 Å². The molecule has 0 aliphatic carbocycles. The van der Waals surface area contributed by atoms with Gasteiger partial charge in [0, 0.05) is 16.0 Å². The third-order valence-electron chi connectivity index (χ3n) is 3.98. The van der Waals surface area contributed by atoms with E-state index in [2.05, 4.69) is 4.98 Å². The number of benzene rings is 2. The fourth-order valence-electron chi connectivity index (χ4n) is 2.90. The van der Waals surface area contributed by atoms with Crippen LogP contribution in [-0.4, -0.2) is 23.2 Å². The monoisotopic (exact) mass is 363 g/mol. The first kappa shape index (κ1) is 16.7. The highest BCUT2D eigenvalue weighted by molar-refractivity contribution is 6.36. The molecule has 0 aliphatic heterocycles. The van der Waals surface area contributed by atoms with Crippen LogP contribution in [0.1, 0.15) is 11.1 Å². The third kappa shape index (κ3) is 2.83. The third-order valence-corrected chi connectivity index (χ3v) is 4.53. The summed E-state index contributed by atoms with van der Waals surface area (Å²) >= 11 is 12.5. The first-order valence-electron chi connectivity index (χ1n) is 7.27. The Morgan fingerprint density at radius 1 is 1.25 bits per heavy atom. The topological polar surface area (TPSA) is 62.3 Å². The van der Waals surface area contributed by atoms with E-state index in [9.17, 15) is 9.90 Å². The van der Waals surface area contributed by atoms with Gasteiger partial charge >= 0.3 is 5.97 Å². The van der Waals surface area contributed by atoms with E-state index in [0.717, 1.165) is 16.5 Å². The van der Waals surface area contributed by atoms with Crippen molar-refractivity contribution in [3.8, 4) is 17.0 Å². The molecule has 0 spiro atoms. The number of aromatic amines is 1. The second-order valence-corrected chi connectivity index (χ2v) is 6.35. The number of aliphatic carboxylic acids is 1. The number of halogens is 2. The Balaban J connectivity index is 2.40. The van der Waals surface area contributed by atoms with E-state index in [4.69, 9.17) is 27.9 Å². The number of ether oxygens (including phenoxy) is 1. The Morgan fingerprint density at radius 3 is 2.67 bits per heavy atom. The number of rotatable bonds is 4. The largest absolute Gasteiger partial charge is 0.496 e. The smallest absolute Gasteiger partial charge is 0.307 e. The Kier molecular flexibility index (Phi) is 4.43. The number of carbonyl (C=O) groups is 1. The summed E-state index contributed by atoms with van der Waals surface area (Å²) in [4.78, 5) is 14.7. The molecule has 0 fully saturated rings. The standard InChI is InChI=1S/C18H15Cl2NO3/c1-9-3-5-13(20)16-12(8-15(22)23)18(21-17(9)16)11-7-10(19)4-6-14(11)24-2/h3-7,21H,8H2,1-2H3,(H,22,23). The van der Waals surface area contributed by atoms with Gasteiger partial charge in [-0.1, -0.05) is 29.3 Å². The van der Waals surface area contributed by atoms with Gasteiger partial charge in [0.1, 0.15) is 5.75 Å². The van der Waals surface area contributed by atoms with E-state index in [0.29, 0.717) is 32.6 Å². The van der Waals surface area contributed by atoms with Crippen LogP contribution in [0, 0.1) is 6.92 Å². The van der Waals surface area contributed by atoms with E-state index >= 15 is 0 Å². The summed E-state index contributed by atoms with van der Waals surface area (Å²) in [5, 5.41) is 11.1. The van der Waals surface area contributed by atoms with E-state index in [-0.39, 0.29) is 6.42 Å². The molecule has 0 radical (unpaired) electrons. The minimum atomic E-state index is -0.935. The second kappa shape index (κ2) is 6.38. The Bertz CT molecular complexity index is 947. The van der Waals surface area contributed by atoms with Crippen LogP contribution in [0.2, 0.25) is 10.0 Å². The number of nitrogens with one attached hydrogen (secondary N) is 1. The summed E-state index contributed by atoms with van der Waals surface area (Å²) < 4.78 is 5.41. The highest BCUT2D eigenvalue weighted by Gasteiger charge is 2.21. The summed E-state index contributed by atoms with van der Waals surface area (Å²) in [6.07, 6.45) is -0.159. The summed E-state index contributed by atoms with van der Waals surface area (Å²) in [6.45, 7) is 1.94. The molecule has 1 aromatic heterocycles. The zero-order chi connectivity index (χ0) is 17.4. The van der Waals surface area contributed by atoms with Gasteiger partial charge in [0.15, 0.2) is 0 Å². The second-order valence-electron chi connectivity index (χ2n) is 5.51. The number of hydrogen-bond acceptors (Lipinski definition) is 2. The van der Waals surface area contributed by atoms with Crippen molar-refractivity contribution in [2.75, 3.05) is 7.11 Å². The zero-order valence-electron chi connectivity index (χ0n) is 13.1. The maximum Gasteiger partial charge on any atom is 0.307 e. The van der Waals surface area contributed by atoms with Crippen LogP contribution in [0.3, 0.4) is 0 Å². The van der Waals surface area contributed by atoms with Crippen molar-refractivity contribution < 1.29 is 14.6 Å². The lowest BCUT2D eigenvalue weighted by atomic mass is 10.0. The van der Waals surface area contributed by atoms with Crippen LogP contribution in [0.5, 0.6) is 5.75 Å². The molecule has 6 heteroatoms. The molecule has 0 saturated carbocycles. The molecule has 4 nitrogen and oxygen atoms in total. The fourth-order valence-corrected chi connectivity index (χ4v) is 3.34. The SMILES string of the molecule is COc1ccc(Cl)cc1-c1[nH]c2c(C)ccc(Cl)c2c1CC(=O)O. The lowest BCUT2D eigenvalue weighted by Gasteiger charge is -2.09. The molecule has 0 unspecified atom stereocenters. The van der Waals surface area contributed by atoms with Gasteiger partial charge in [-0.25, -0.2) is 0 Å². The molecule has 3 rings (SSSR count). The van der Waals surface area contributed by atoms with Gasteiger partial charge in [-0.3, -0.25) is 4.79 Å². The van der Waals surface area contributed by atoms with E-state index in [1.54, 1.807) is 31.4 Å². The van der Waals surface area contributed by atoms with Crippen LogP contribution in [0.15, 0.2) is 30.3 Å². The van der Waals surface area contributed by atoms with Gasteiger partial charge in [0.05, 0.1) is 29.8 Å². The highest BCUT2D eigenvalue weighted by atomic mass is 35.5. The van der Waals surface area contributed by atoms with Crippen molar-refractivity contribution in [1.82, 2.24) is 4.98 Å². The van der Waals surface area contributed by atoms with Gasteiger partial charge in [0.2, 0.25) is 0 Å². The molecular weight excluding hydrogens is 349 g/mol. The average molecular weight is 364 g/mol. The molecule has 24 heavy (non-hydrogen) atoms. The summed E-state index contributed by atoms with van der Waals surface area (Å²) in [5.41, 5.74) is 3.77. The van der Waals surface area contributed by atoms with Crippen molar-refractivity contribution in [2.24, 2.45) is 0 Å². The molecule has 1 heterocycles. The molecule has 0 atom stereocenters. The maximum absolute atomic E-state index is 11.4. The lowest BCUT2D eigenvalue weighted by Crippen LogP contribution is -2.01. The van der Waals surface area contributed by atoms with Gasteiger partial charge in [-0.15, -0.1) is 0 Å². The molecule has 2 aromatic carbocycles. The number of H-pyrrole nitrogens is 1. The number of fused-ring (bicyclic) bond motifs is 1. The molecule has 0 bridgehead atoms. The fraction of sp³-hybridized carbons (Fsp3) is 0.167. The lowest BCUT2D eigenvalue weighted by molar-refractivity contribution is -0.136. The number of aryl methyl sites for hydroxylation is 1. The number of carboxylic acid groups (broad SMARTS) is 1. The predicted octanol–water partition coefficient (Wildman–Crippen LogP) is 5.09. The van der Waals surface area contributed by atoms with E-state index in [1.807, 2.05) is 13.0 Å². The maximum atomic E-state index is 11.4. The van der Waals surface area contributed by atoms with Crippen LogP contribution < -0.4 is 4.74 Å². The zero-order valence-corrected chi connectivity index (χ0v) is 14.6. The molecule has 2 N–H and O–H groups in total. The van der Waals surface area contributed by atoms with Gasteiger partial charge in [0.25, 0.3) is 0 Å². The minimum absolute atomic E-state index is 0.159. The van der Waals surface area contributed by atoms with Crippen LogP contribution in [0.25, 0.3) is 22.2 Å². The first-order chi connectivity index (χ1) is 11.4. The van der Waals surface area contributed by atoms with Gasteiger partial charge < -0.3 is 14.8 Å². The van der Waals surface area contributed by atoms with Crippen LogP contribution in [0.4, 0.5) is 0 Å². The molecule has 124 valence electrons. The van der Waals surface area contributed by atoms with Crippen molar-refractivity contribution in [3.63, 3.8) is 0 Å².